The number of hydrogen-bond acceptors (Lipinski definition) is 5. The van der Waals surface area contributed by atoms with Gasteiger partial charge in [0.25, 0.3) is 10.0 Å². The number of hydrogen-bond donors (Lipinski definition) is 1. The zero-order valence-corrected chi connectivity index (χ0v) is 27.0. The molecule has 0 unspecified atom stereocenters. The van der Waals surface area contributed by atoms with Crippen LogP contribution in [0.4, 0.5) is 5.69 Å². The maximum absolute atomic E-state index is 14.2. The predicted octanol–water partition coefficient (Wildman–Crippen LogP) is 6.23. The van der Waals surface area contributed by atoms with E-state index in [4.69, 9.17) is 27.9 Å². The second-order valence-corrected chi connectivity index (χ2v) is 13.6. The molecule has 0 saturated carbocycles. The second kappa shape index (κ2) is 13.8. The van der Waals surface area contributed by atoms with E-state index in [9.17, 15) is 18.0 Å². The number of nitrogens with zero attached hydrogens (tertiary/aromatic N) is 2. The monoisotopic (exact) mass is 633 g/mol. The quantitative estimate of drug-likeness (QED) is 0.270. The summed E-state index contributed by atoms with van der Waals surface area (Å²) in [5.41, 5.74) is 1.11. The van der Waals surface area contributed by atoms with E-state index in [0.29, 0.717) is 12.2 Å². The molecular weight excluding hydrogens is 597 g/mol. The molecule has 0 bridgehead atoms. The number of rotatable bonds is 11. The lowest BCUT2D eigenvalue weighted by atomic mass is 10.1. The SMILES string of the molecule is CC[C@H](C(=O)NC(C)(C)C)N(Cc1ccc(OC)cc1)C(=O)CN(c1cccc(Cl)c1Cl)S(=O)(=O)c1ccc(C)cc1. The largest absolute Gasteiger partial charge is 0.497 e. The van der Waals surface area contributed by atoms with Gasteiger partial charge in [-0.3, -0.25) is 13.9 Å². The Morgan fingerprint density at radius 2 is 1.60 bits per heavy atom. The summed E-state index contributed by atoms with van der Waals surface area (Å²) in [6.07, 6.45) is 0.298. The van der Waals surface area contributed by atoms with Crippen molar-refractivity contribution >= 4 is 50.7 Å². The molecule has 0 radical (unpaired) electrons. The lowest BCUT2D eigenvalue weighted by Crippen LogP contribution is -2.55. The van der Waals surface area contributed by atoms with Crippen molar-refractivity contribution in [1.82, 2.24) is 10.2 Å². The summed E-state index contributed by atoms with van der Waals surface area (Å²) in [6.45, 7) is 8.64. The number of amides is 2. The van der Waals surface area contributed by atoms with E-state index in [-0.39, 0.29) is 33.1 Å². The summed E-state index contributed by atoms with van der Waals surface area (Å²) in [4.78, 5) is 29.0. The fourth-order valence-electron chi connectivity index (χ4n) is 4.34. The van der Waals surface area contributed by atoms with Crippen molar-refractivity contribution in [1.29, 1.82) is 0 Å². The number of anilines is 1. The van der Waals surface area contributed by atoms with E-state index < -0.39 is 34.1 Å². The number of halogens is 2. The minimum Gasteiger partial charge on any atom is -0.497 e. The summed E-state index contributed by atoms with van der Waals surface area (Å²) in [5, 5.41) is 3.07. The molecule has 42 heavy (non-hydrogen) atoms. The highest BCUT2D eigenvalue weighted by atomic mass is 35.5. The lowest BCUT2D eigenvalue weighted by molar-refractivity contribution is -0.141. The smallest absolute Gasteiger partial charge is 0.264 e. The molecule has 3 aromatic carbocycles. The van der Waals surface area contributed by atoms with Crippen LogP contribution in [0.25, 0.3) is 0 Å². The minimum absolute atomic E-state index is 0.0122. The molecule has 0 aliphatic heterocycles. The van der Waals surface area contributed by atoms with Crippen molar-refractivity contribution < 1.29 is 22.7 Å². The third kappa shape index (κ3) is 8.18. The van der Waals surface area contributed by atoms with Crippen LogP contribution in [-0.2, 0) is 26.2 Å². The molecule has 0 aromatic heterocycles. The van der Waals surface area contributed by atoms with Gasteiger partial charge >= 0.3 is 0 Å². The highest BCUT2D eigenvalue weighted by Crippen LogP contribution is 2.35. The number of ether oxygens (including phenoxy) is 1. The summed E-state index contributed by atoms with van der Waals surface area (Å²) in [7, 11) is -2.72. The van der Waals surface area contributed by atoms with E-state index in [1.807, 2.05) is 27.7 Å². The van der Waals surface area contributed by atoms with Crippen LogP contribution < -0.4 is 14.4 Å². The standard InChI is InChI=1S/C31H37Cl2N3O5S/c1-7-26(30(38)34-31(3,4)5)35(19-22-13-15-23(41-6)16-14-22)28(37)20-36(27-10-8-9-25(32)29(27)33)42(39,40)24-17-11-21(2)12-18-24/h8-18,26H,7,19-20H2,1-6H3,(H,34,38)/t26-/m1/s1. The van der Waals surface area contributed by atoms with E-state index >= 15 is 0 Å². The molecule has 11 heteroatoms. The minimum atomic E-state index is -4.28. The number of nitrogens with one attached hydrogen (secondary N) is 1. The van der Waals surface area contributed by atoms with Gasteiger partial charge in [-0.25, -0.2) is 8.42 Å². The van der Waals surface area contributed by atoms with Crippen LogP contribution in [0.15, 0.2) is 71.6 Å². The summed E-state index contributed by atoms with van der Waals surface area (Å²) in [6, 6.07) is 17.1. The van der Waals surface area contributed by atoms with Crippen LogP contribution >= 0.6 is 23.2 Å². The Morgan fingerprint density at radius 1 is 0.976 bits per heavy atom. The van der Waals surface area contributed by atoms with Gasteiger partial charge in [-0.2, -0.15) is 0 Å². The topological polar surface area (TPSA) is 96.0 Å². The zero-order valence-electron chi connectivity index (χ0n) is 24.6. The number of methoxy groups -OCH3 is 1. The maximum Gasteiger partial charge on any atom is 0.264 e. The Morgan fingerprint density at radius 3 is 2.14 bits per heavy atom. The van der Waals surface area contributed by atoms with E-state index in [0.717, 1.165) is 15.4 Å². The second-order valence-electron chi connectivity index (χ2n) is 10.9. The van der Waals surface area contributed by atoms with E-state index in [1.54, 1.807) is 56.5 Å². The first-order valence-electron chi connectivity index (χ1n) is 13.5. The third-order valence-corrected chi connectivity index (χ3v) is 9.07. The molecule has 0 aliphatic carbocycles. The Balaban J connectivity index is 2.11. The van der Waals surface area contributed by atoms with Crippen LogP contribution in [0.1, 0.15) is 45.2 Å². The first-order chi connectivity index (χ1) is 19.7. The highest BCUT2D eigenvalue weighted by Gasteiger charge is 2.35. The van der Waals surface area contributed by atoms with Gasteiger partial charge in [0.15, 0.2) is 0 Å². The molecule has 0 spiro atoms. The van der Waals surface area contributed by atoms with Crippen LogP contribution in [0.5, 0.6) is 5.75 Å². The van der Waals surface area contributed by atoms with Gasteiger partial charge in [-0.05, 0) is 76.1 Å². The Bertz CT molecular complexity index is 1510. The maximum atomic E-state index is 14.2. The fraction of sp³-hybridized carbons (Fsp3) is 0.355. The van der Waals surface area contributed by atoms with Crippen molar-refractivity contribution in [2.45, 2.75) is 64.1 Å². The van der Waals surface area contributed by atoms with Gasteiger partial charge in [-0.15, -0.1) is 0 Å². The molecule has 0 fully saturated rings. The fourth-order valence-corrected chi connectivity index (χ4v) is 6.21. The molecule has 1 atom stereocenters. The van der Waals surface area contributed by atoms with Crippen molar-refractivity contribution in [2.75, 3.05) is 18.0 Å². The van der Waals surface area contributed by atoms with Crippen molar-refractivity contribution in [2.24, 2.45) is 0 Å². The molecule has 0 heterocycles. The Hall–Kier alpha value is -3.27. The van der Waals surface area contributed by atoms with Gasteiger partial charge in [-0.1, -0.05) is 66.0 Å². The average molecular weight is 635 g/mol. The molecule has 0 aliphatic rings. The number of aryl methyl sites for hydroxylation is 1. The first kappa shape index (κ1) is 33.2. The van der Waals surface area contributed by atoms with Crippen LogP contribution in [0, 0.1) is 6.92 Å². The molecule has 0 saturated heterocycles. The molecule has 8 nitrogen and oxygen atoms in total. The summed E-state index contributed by atoms with van der Waals surface area (Å²) >= 11 is 12.8. The van der Waals surface area contributed by atoms with Gasteiger partial charge < -0.3 is 15.0 Å². The Kier molecular flexibility index (Phi) is 10.9. The van der Waals surface area contributed by atoms with E-state index in [1.165, 1.54) is 29.2 Å². The van der Waals surface area contributed by atoms with Crippen LogP contribution in [0.3, 0.4) is 0 Å². The summed E-state index contributed by atoms with van der Waals surface area (Å²) in [5.74, 6) is -0.297. The average Bonchev–Trinajstić information content (AvgIpc) is 2.92. The molecule has 3 aromatic rings. The van der Waals surface area contributed by atoms with Gasteiger partial charge in [0.2, 0.25) is 11.8 Å². The lowest BCUT2D eigenvalue weighted by Gasteiger charge is -2.35. The van der Waals surface area contributed by atoms with Crippen molar-refractivity contribution in [3.8, 4) is 5.75 Å². The van der Waals surface area contributed by atoms with Crippen LogP contribution in [-0.4, -0.2) is 50.4 Å². The summed E-state index contributed by atoms with van der Waals surface area (Å²) < 4.78 is 34.2. The third-order valence-electron chi connectivity index (χ3n) is 6.48. The molecule has 1 N–H and O–H groups in total. The predicted molar refractivity (Wildman–Crippen MR) is 168 cm³/mol. The van der Waals surface area contributed by atoms with Crippen molar-refractivity contribution in [3.63, 3.8) is 0 Å². The van der Waals surface area contributed by atoms with E-state index in [2.05, 4.69) is 5.32 Å². The van der Waals surface area contributed by atoms with Gasteiger partial charge in [0.05, 0.1) is 27.7 Å². The number of carbonyl (C=O) groups excluding carboxylic acids is 2. The van der Waals surface area contributed by atoms with Crippen molar-refractivity contribution in [3.05, 3.63) is 87.9 Å². The number of carbonyl (C=O) groups is 2. The molecular formula is C31H37Cl2N3O5S. The normalized spacial score (nSPS) is 12.4. The Labute approximate surface area is 258 Å². The van der Waals surface area contributed by atoms with Gasteiger partial charge in [0.1, 0.15) is 18.3 Å². The zero-order chi connectivity index (χ0) is 31.2. The van der Waals surface area contributed by atoms with Crippen LogP contribution in [0.2, 0.25) is 10.0 Å². The highest BCUT2D eigenvalue weighted by molar-refractivity contribution is 7.92. The molecule has 2 amide bonds. The van der Waals surface area contributed by atoms with Gasteiger partial charge in [0, 0.05) is 12.1 Å². The molecule has 3 rings (SSSR count). The number of benzene rings is 3. The first-order valence-corrected chi connectivity index (χ1v) is 15.7. The molecule has 226 valence electrons. The number of sulfonamides is 1.